The second-order valence-corrected chi connectivity index (χ2v) is 13.1. The van der Waals surface area contributed by atoms with Crippen molar-refractivity contribution in [2.45, 2.75) is 53.5 Å². The fraction of sp³-hybridized carbons (Fsp3) is 0.190. The molecule has 1 heteroatoms. The molecule has 210 valence electrons. The molecule has 0 amide bonds. The fourth-order valence-electron chi connectivity index (χ4n) is 8.14. The predicted octanol–water partition coefficient (Wildman–Crippen LogP) is 11.5. The Hall–Kier alpha value is -4.62. The minimum absolute atomic E-state index is 0.0994. The number of aromatic nitrogens is 1. The molecule has 0 saturated carbocycles. The van der Waals surface area contributed by atoms with E-state index in [9.17, 15) is 0 Å². The van der Waals surface area contributed by atoms with E-state index < -0.39 is 0 Å². The van der Waals surface area contributed by atoms with E-state index in [4.69, 9.17) is 0 Å². The number of rotatable bonds is 3. The van der Waals surface area contributed by atoms with E-state index in [0.717, 1.165) is 6.54 Å². The van der Waals surface area contributed by atoms with Gasteiger partial charge in [0.2, 0.25) is 0 Å². The third-order valence-electron chi connectivity index (χ3n) is 9.84. The monoisotopic (exact) mass is 555 g/mol. The molecular formula is C42H37N. The van der Waals surface area contributed by atoms with Crippen LogP contribution in [-0.4, -0.2) is 4.57 Å². The standard InChI is InChI=1S/C42H37N/c1-7-43-37-19-16-25(2)23-35(37)40-41(43)34-18-17-28(24-36(34)42(40,5)6)38-30-12-8-10-14-32(30)39(33-15-11-9-13-31(33)38)29-21-26(3)20-27(4)22-29/h8-24H,7H2,1-6H3. The molecule has 1 aliphatic rings. The number of aryl methyl sites for hydroxylation is 4. The van der Waals surface area contributed by atoms with Crippen molar-refractivity contribution in [3.8, 4) is 33.5 Å². The molecule has 0 spiro atoms. The van der Waals surface area contributed by atoms with Gasteiger partial charge in [0.05, 0.1) is 5.69 Å². The second kappa shape index (κ2) is 9.19. The van der Waals surface area contributed by atoms with Crippen LogP contribution in [0.1, 0.15) is 48.6 Å². The van der Waals surface area contributed by atoms with Crippen molar-refractivity contribution >= 4 is 32.4 Å². The van der Waals surface area contributed by atoms with Crippen LogP contribution in [0.3, 0.4) is 0 Å². The Kier molecular flexibility index (Phi) is 5.56. The summed E-state index contributed by atoms with van der Waals surface area (Å²) in [6, 6.07) is 39.2. The highest BCUT2D eigenvalue weighted by Gasteiger charge is 2.40. The highest BCUT2D eigenvalue weighted by molar-refractivity contribution is 6.21. The van der Waals surface area contributed by atoms with Gasteiger partial charge in [-0.2, -0.15) is 0 Å². The van der Waals surface area contributed by atoms with Gasteiger partial charge in [0, 0.05) is 28.4 Å². The quantitative estimate of drug-likeness (QED) is 0.191. The first-order chi connectivity index (χ1) is 20.8. The van der Waals surface area contributed by atoms with Crippen molar-refractivity contribution in [1.82, 2.24) is 4.57 Å². The van der Waals surface area contributed by atoms with Gasteiger partial charge in [-0.05, 0) is 101 Å². The van der Waals surface area contributed by atoms with Gasteiger partial charge in [-0.25, -0.2) is 0 Å². The van der Waals surface area contributed by atoms with Gasteiger partial charge in [-0.15, -0.1) is 0 Å². The molecule has 1 aliphatic carbocycles. The summed E-state index contributed by atoms with van der Waals surface area (Å²) < 4.78 is 2.53. The lowest BCUT2D eigenvalue weighted by atomic mass is 9.79. The van der Waals surface area contributed by atoms with Crippen molar-refractivity contribution in [2.75, 3.05) is 0 Å². The van der Waals surface area contributed by atoms with E-state index in [1.165, 1.54) is 93.8 Å². The summed E-state index contributed by atoms with van der Waals surface area (Å²) in [5, 5.41) is 6.63. The number of hydrogen-bond donors (Lipinski definition) is 0. The molecular weight excluding hydrogens is 518 g/mol. The first-order valence-corrected chi connectivity index (χ1v) is 15.6. The lowest BCUT2D eigenvalue weighted by Gasteiger charge is -2.23. The molecule has 0 fully saturated rings. The van der Waals surface area contributed by atoms with Crippen LogP contribution in [0, 0.1) is 20.8 Å². The van der Waals surface area contributed by atoms with Crippen LogP contribution in [0.15, 0.2) is 103 Å². The van der Waals surface area contributed by atoms with Crippen LogP contribution >= 0.6 is 0 Å². The smallest absolute Gasteiger partial charge is 0.0535 e. The average Bonchev–Trinajstić information content (AvgIpc) is 3.44. The molecule has 8 rings (SSSR count). The Bertz CT molecular complexity index is 2200. The molecule has 1 nitrogen and oxygen atoms in total. The molecule has 6 aromatic carbocycles. The fourth-order valence-corrected chi connectivity index (χ4v) is 8.14. The van der Waals surface area contributed by atoms with E-state index in [-0.39, 0.29) is 5.41 Å². The SMILES string of the molecule is CCn1c2c(c3cc(C)ccc31)C(C)(C)c1cc(-c3c4ccccc4c(-c4cc(C)cc(C)c4)c4ccccc34)ccc1-2. The summed E-state index contributed by atoms with van der Waals surface area (Å²) in [4.78, 5) is 0. The van der Waals surface area contributed by atoms with Gasteiger partial charge in [0.15, 0.2) is 0 Å². The zero-order valence-electron chi connectivity index (χ0n) is 26.0. The molecule has 7 aromatic rings. The molecule has 0 unspecified atom stereocenters. The molecule has 1 aromatic heterocycles. The normalized spacial score (nSPS) is 13.6. The molecule has 0 atom stereocenters. The number of benzene rings is 6. The molecule has 1 heterocycles. The summed E-state index contributed by atoms with van der Waals surface area (Å²) >= 11 is 0. The first kappa shape index (κ1) is 26.0. The van der Waals surface area contributed by atoms with Gasteiger partial charge in [0.1, 0.15) is 0 Å². The van der Waals surface area contributed by atoms with Crippen LogP contribution in [0.5, 0.6) is 0 Å². The van der Waals surface area contributed by atoms with Gasteiger partial charge in [0.25, 0.3) is 0 Å². The molecule has 0 aliphatic heterocycles. The zero-order valence-corrected chi connectivity index (χ0v) is 26.0. The van der Waals surface area contributed by atoms with E-state index >= 15 is 0 Å². The lowest BCUT2D eigenvalue weighted by molar-refractivity contribution is 0.665. The summed E-state index contributed by atoms with van der Waals surface area (Å²) in [6.07, 6.45) is 0. The Morgan fingerprint density at radius 2 is 1.14 bits per heavy atom. The Morgan fingerprint density at radius 3 is 1.72 bits per heavy atom. The maximum Gasteiger partial charge on any atom is 0.0535 e. The zero-order chi connectivity index (χ0) is 29.6. The molecule has 0 radical (unpaired) electrons. The van der Waals surface area contributed by atoms with Crippen molar-refractivity contribution in [2.24, 2.45) is 0 Å². The molecule has 0 saturated heterocycles. The summed E-state index contributed by atoms with van der Waals surface area (Å²) in [6.45, 7) is 14.7. The van der Waals surface area contributed by atoms with Crippen molar-refractivity contribution in [3.05, 3.63) is 131 Å². The van der Waals surface area contributed by atoms with Crippen molar-refractivity contribution in [1.29, 1.82) is 0 Å². The van der Waals surface area contributed by atoms with Gasteiger partial charge in [-0.1, -0.05) is 115 Å². The Morgan fingerprint density at radius 1 is 0.558 bits per heavy atom. The average molecular weight is 556 g/mol. The van der Waals surface area contributed by atoms with Crippen LogP contribution in [0.4, 0.5) is 0 Å². The molecule has 0 N–H and O–H groups in total. The van der Waals surface area contributed by atoms with E-state index in [1.807, 2.05) is 0 Å². The summed E-state index contributed by atoms with van der Waals surface area (Å²) in [5.41, 5.74) is 16.1. The van der Waals surface area contributed by atoms with Gasteiger partial charge in [-0.3, -0.25) is 0 Å². The summed E-state index contributed by atoms with van der Waals surface area (Å²) in [7, 11) is 0. The number of hydrogen-bond acceptors (Lipinski definition) is 0. The van der Waals surface area contributed by atoms with Gasteiger partial charge >= 0.3 is 0 Å². The van der Waals surface area contributed by atoms with Crippen LogP contribution in [0.25, 0.3) is 66.0 Å². The largest absolute Gasteiger partial charge is 0.341 e. The van der Waals surface area contributed by atoms with Crippen LogP contribution < -0.4 is 0 Å². The highest BCUT2D eigenvalue weighted by atomic mass is 15.0. The lowest BCUT2D eigenvalue weighted by Crippen LogP contribution is -2.15. The first-order valence-electron chi connectivity index (χ1n) is 15.6. The third-order valence-corrected chi connectivity index (χ3v) is 9.84. The minimum atomic E-state index is -0.0994. The Labute approximate surface area is 254 Å². The van der Waals surface area contributed by atoms with E-state index in [1.54, 1.807) is 0 Å². The molecule has 0 bridgehead atoms. The highest BCUT2D eigenvalue weighted by Crippen LogP contribution is 2.54. The van der Waals surface area contributed by atoms with Crippen LogP contribution in [-0.2, 0) is 12.0 Å². The van der Waals surface area contributed by atoms with Crippen LogP contribution in [0.2, 0.25) is 0 Å². The number of fused-ring (bicyclic) bond motifs is 7. The second-order valence-electron chi connectivity index (χ2n) is 13.1. The third kappa shape index (κ3) is 3.64. The Balaban J connectivity index is 1.43. The van der Waals surface area contributed by atoms with E-state index in [2.05, 4.69) is 149 Å². The van der Waals surface area contributed by atoms with Crippen molar-refractivity contribution < 1.29 is 0 Å². The predicted molar refractivity (Wildman–Crippen MR) is 185 cm³/mol. The minimum Gasteiger partial charge on any atom is -0.341 e. The maximum atomic E-state index is 2.53. The topological polar surface area (TPSA) is 4.93 Å². The number of nitrogens with zero attached hydrogens (tertiary/aromatic N) is 1. The van der Waals surface area contributed by atoms with E-state index in [0.29, 0.717) is 0 Å². The van der Waals surface area contributed by atoms with Crippen molar-refractivity contribution in [3.63, 3.8) is 0 Å². The van der Waals surface area contributed by atoms with Gasteiger partial charge < -0.3 is 4.57 Å². The maximum absolute atomic E-state index is 2.53. The summed E-state index contributed by atoms with van der Waals surface area (Å²) in [5.74, 6) is 0. The molecule has 43 heavy (non-hydrogen) atoms.